The van der Waals surface area contributed by atoms with Crippen LogP contribution in [0, 0.1) is 11.8 Å². The van der Waals surface area contributed by atoms with E-state index in [9.17, 15) is 57.8 Å². The van der Waals surface area contributed by atoms with Crippen molar-refractivity contribution in [2.24, 2.45) is 34.8 Å². The number of phenolic OH excluding ortho intramolecular Hbond substituents is 1. The number of benzene rings is 1. The van der Waals surface area contributed by atoms with Gasteiger partial charge in [-0.15, -0.1) is 0 Å². The number of unbranched alkanes of at least 4 members (excludes halogenated alkanes) is 1. The summed E-state index contributed by atoms with van der Waals surface area (Å²) in [5.74, 6) is -9.54. The first-order valence-electron chi connectivity index (χ1n) is 22.5. The zero-order valence-corrected chi connectivity index (χ0v) is 40.9. The Kier molecular flexibility index (Phi) is 25.9. The molecule has 1 aromatic rings. The summed E-state index contributed by atoms with van der Waals surface area (Å²) in [7, 11) is 2.11. The quantitative estimate of drug-likeness (QED) is 0.0424. The van der Waals surface area contributed by atoms with E-state index in [1.54, 1.807) is 26.0 Å². The zero-order chi connectivity index (χ0) is 51.8. The van der Waals surface area contributed by atoms with E-state index >= 15 is 0 Å². The van der Waals surface area contributed by atoms with Gasteiger partial charge in [-0.1, -0.05) is 67.8 Å². The molecule has 0 unspecified atom stereocenters. The minimum atomic E-state index is -1.69. The van der Waals surface area contributed by atoms with Crippen LogP contribution in [0.4, 0.5) is 0 Å². The zero-order valence-electron chi connectivity index (χ0n) is 39.3. The van der Waals surface area contributed by atoms with Crippen molar-refractivity contribution in [2.45, 2.75) is 128 Å². The summed E-state index contributed by atoms with van der Waals surface area (Å²) in [6.07, 6.45) is -0.473. The van der Waals surface area contributed by atoms with E-state index in [4.69, 9.17) is 22.9 Å². The molecule has 384 valence electrons. The number of hydrogen-bond acceptors (Lipinski definition) is 15. The van der Waals surface area contributed by atoms with Gasteiger partial charge in [-0.05, 0) is 55.2 Å². The summed E-state index contributed by atoms with van der Waals surface area (Å²) in [5, 5.41) is 30.3. The van der Waals surface area contributed by atoms with Crippen molar-refractivity contribution in [1.82, 2.24) is 42.5 Å². The number of primary amides is 3. The monoisotopic (exact) mass is 1010 g/mol. The SMILES string of the molecule is CC[C@H](C)[C@@H]1NC(=O)[C@H](Cc2ccc(O)cc2)NC(=O)[C@@H](N)CSSC[C@@H](C(=O)NCCCCC(=O)N[C@@H](CC(C)C)C(=O)NCC(N)=O)NC(=O)[C@H](CC(N)=O)NC(=O)[C@H](CCC(N)=O)NC1=O. The van der Waals surface area contributed by atoms with Gasteiger partial charge in [0.1, 0.15) is 42.0 Å². The van der Waals surface area contributed by atoms with Crippen LogP contribution in [0.1, 0.15) is 84.6 Å². The van der Waals surface area contributed by atoms with Gasteiger partial charge >= 0.3 is 0 Å². The fraction of sp³-hybridized carbons (Fsp3) is 0.605. The lowest BCUT2D eigenvalue weighted by Gasteiger charge is -2.29. The average Bonchev–Trinajstić information content (AvgIpc) is 3.28. The molecule has 69 heavy (non-hydrogen) atoms. The summed E-state index contributed by atoms with van der Waals surface area (Å²) >= 11 is 0. The lowest BCUT2D eigenvalue weighted by atomic mass is 9.96. The predicted octanol–water partition coefficient (Wildman–Crippen LogP) is -3.31. The lowest BCUT2D eigenvalue weighted by molar-refractivity contribution is -0.136. The molecule has 0 saturated carbocycles. The molecule has 11 amide bonds. The van der Waals surface area contributed by atoms with Crippen molar-refractivity contribution in [2.75, 3.05) is 24.6 Å². The molecule has 1 fully saturated rings. The van der Waals surface area contributed by atoms with Crippen molar-refractivity contribution in [3.05, 3.63) is 29.8 Å². The largest absolute Gasteiger partial charge is 0.508 e. The first-order chi connectivity index (χ1) is 32.5. The summed E-state index contributed by atoms with van der Waals surface area (Å²) in [5.41, 5.74) is 22.8. The van der Waals surface area contributed by atoms with Crippen LogP contribution >= 0.6 is 21.6 Å². The molecule has 0 aromatic heterocycles. The minimum Gasteiger partial charge on any atom is -0.508 e. The molecule has 0 radical (unpaired) electrons. The molecule has 1 heterocycles. The maximum absolute atomic E-state index is 14.0. The predicted molar refractivity (Wildman–Crippen MR) is 257 cm³/mol. The van der Waals surface area contributed by atoms with Crippen LogP contribution < -0.4 is 65.5 Å². The standard InChI is InChI=1S/C43H68N12O12S2/c1-5-23(4)36-43(67)51-27(13-14-32(45)57)40(64)53-30(18-33(46)58)41(65)54-31(39(63)48-15-7-6-8-35(60)50-28(16-22(2)3)38(62)49-19-34(47)59)21-69-68-20-26(44)37(61)52-29(42(66)55-36)17-24-9-11-25(56)12-10-24/h9-12,22-23,26-31,36,56H,5-8,13-21,44H2,1-4H3,(H2,45,57)(H2,46,58)(H2,47,59)(H,48,63)(H,49,62)(H,50,60)(H,51,67)(H,52,61)(H,53,64)(H,54,65)(H,55,66)/t23-,26-,27-,28-,29-,30-,31-,36-/m0/s1. The third kappa shape index (κ3) is 22.7. The number of aromatic hydroxyl groups is 1. The Labute approximate surface area is 408 Å². The molecule has 1 aliphatic rings. The van der Waals surface area contributed by atoms with E-state index in [-0.39, 0.29) is 61.8 Å². The molecule has 2 rings (SSSR count). The van der Waals surface area contributed by atoms with Gasteiger partial charge in [-0.3, -0.25) is 52.7 Å². The number of carbonyl (C=O) groups excluding carboxylic acids is 11. The molecule has 17 N–H and O–H groups in total. The number of rotatable bonds is 21. The second-order valence-electron chi connectivity index (χ2n) is 17.0. The van der Waals surface area contributed by atoms with Gasteiger partial charge in [-0.25, -0.2) is 0 Å². The molecule has 0 spiro atoms. The molecule has 1 aliphatic heterocycles. The first kappa shape index (κ1) is 59.0. The highest BCUT2D eigenvalue weighted by molar-refractivity contribution is 8.76. The number of nitrogens with one attached hydrogen (secondary N) is 8. The van der Waals surface area contributed by atoms with E-state index in [1.807, 2.05) is 13.8 Å². The van der Waals surface area contributed by atoms with Crippen LogP contribution in [-0.4, -0.2) is 137 Å². The summed E-state index contributed by atoms with van der Waals surface area (Å²) < 4.78 is 0. The third-order valence-corrected chi connectivity index (χ3v) is 13.1. The molecule has 0 bridgehead atoms. The topological polar surface area (TPSA) is 408 Å². The lowest BCUT2D eigenvalue weighted by Crippen LogP contribution is -2.61. The van der Waals surface area contributed by atoms with Gasteiger partial charge in [0.05, 0.1) is 19.0 Å². The molecule has 1 saturated heterocycles. The van der Waals surface area contributed by atoms with Gasteiger partial charge in [0.15, 0.2) is 0 Å². The Morgan fingerprint density at radius 3 is 1.94 bits per heavy atom. The summed E-state index contributed by atoms with van der Waals surface area (Å²) in [6, 6.07) is -3.44. The van der Waals surface area contributed by atoms with E-state index in [2.05, 4.69) is 42.5 Å². The second-order valence-corrected chi connectivity index (χ2v) is 19.6. The number of hydrogen-bond donors (Lipinski definition) is 13. The van der Waals surface area contributed by atoms with Crippen molar-refractivity contribution in [1.29, 1.82) is 0 Å². The normalized spacial score (nSPS) is 22.0. The molecular formula is C43H68N12O12S2. The van der Waals surface area contributed by atoms with E-state index < -0.39 is 133 Å². The summed E-state index contributed by atoms with van der Waals surface area (Å²) in [4.78, 5) is 143. The van der Waals surface area contributed by atoms with Gasteiger partial charge in [-0.2, -0.15) is 0 Å². The smallest absolute Gasteiger partial charge is 0.243 e. The molecule has 1 aromatic carbocycles. The van der Waals surface area contributed by atoms with Crippen molar-refractivity contribution in [3.63, 3.8) is 0 Å². The highest BCUT2D eigenvalue weighted by Crippen LogP contribution is 2.23. The molecule has 0 aliphatic carbocycles. The number of amides is 11. The highest BCUT2D eigenvalue weighted by atomic mass is 33.1. The Bertz CT molecular complexity index is 1980. The highest BCUT2D eigenvalue weighted by Gasteiger charge is 2.35. The van der Waals surface area contributed by atoms with E-state index in [1.165, 1.54) is 12.1 Å². The maximum atomic E-state index is 14.0. The Morgan fingerprint density at radius 1 is 0.725 bits per heavy atom. The van der Waals surface area contributed by atoms with E-state index in [0.717, 1.165) is 21.6 Å². The van der Waals surface area contributed by atoms with Crippen molar-refractivity contribution in [3.8, 4) is 5.75 Å². The fourth-order valence-electron chi connectivity index (χ4n) is 6.59. The molecular weight excluding hydrogens is 941 g/mol. The van der Waals surface area contributed by atoms with Crippen LogP contribution in [0.2, 0.25) is 0 Å². The molecule has 26 heteroatoms. The minimum absolute atomic E-state index is 0.0229. The second kappa shape index (κ2) is 30.4. The number of phenols is 1. The Balaban J connectivity index is 2.40. The number of carbonyl (C=O) groups is 11. The maximum Gasteiger partial charge on any atom is 0.243 e. The third-order valence-electron chi connectivity index (χ3n) is 10.6. The summed E-state index contributed by atoms with van der Waals surface area (Å²) in [6.45, 7) is 6.74. The Morgan fingerprint density at radius 2 is 1.33 bits per heavy atom. The van der Waals surface area contributed by atoms with Crippen molar-refractivity contribution < 1.29 is 57.8 Å². The van der Waals surface area contributed by atoms with E-state index in [0.29, 0.717) is 18.4 Å². The van der Waals surface area contributed by atoms with Gasteiger partial charge in [0.2, 0.25) is 65.0 Å². The molecule has 8 atom stereocenters. The average molecular weight is 1010 g/mol. The van der Waals surface area contributed by atoms with Crippen LogP contribution in [0.5, 0.6) is 5.75 Å². The van der Waals surface area contributed by atoms with Gasteiger partial charge in [0.25, 0.3) is 0 Å². The first-order valence-corrected chi connectivity index (χ1v) is 25.0. The van der Waals surface area contributed by atoms with Crippen molar-refractivity contribution >= 4 is 86.6 Å². The van der Waals surface area contributed by atoms with Gasteiger partial charge in [0, 0.05) is 37.3 Å². The molecule has 24 nitrogen and oxygen atoms in total. The van der Waals surface area contributed by atoms with Crippen LogP contribution in [0.25, 0.3) is 0 Å². The van der Waals surface area contributed by atoms with Crippen LogP contribution in [-0.2, 0) is 59.2 Å². The van der Waals surface area contributed by atoms with Gasteiger partial charge < -0.3 is 70.6 Å². The Hall–Kier alpha value is -6.15. The fourth-order valence-corrected chi connectivity index (χ4v) is 8.88. The van der Waals surface area contributed by atoms with Crippen LogP contribution in [0.15, 0.2) is 24.3 Å². The number of nitrogens with two attached hydrogens (primary N) is 4. The van der Waals surface area contributed by atoms with Crippen LogP contribution in [0.3, 0.4) is 0 Å².